The maximum absolute atomic E-state index is 6.02. The Kier molecular flexibility index (Phi) is 5.27. The lowest BCUT2D eigenvalue weighted by Crippen LogP contribution is -2.31. The highest BCUT2D eigenvalue weighted by atomic mass is 79.9. The number of nitrogens with two attached hydrogens (primary N) is 1. The summed E-state index contributed by atoms with van der Waals surface area (Å²) in [6.07, 6.45) is 1.77. The van der Waals surface area contributed by atoms with Crippen LogP contribution < -0.4 is 16.0 Å². The minimum absolute atomic E-state index is 0.209. The second-order valence-electron chi connectivity index (χ2n) is 4.90. The largest absolute Gasteiger partial charge is 0.496 e. The Labute approximate surface area is 137 Å². The van der Waals surface area contributed by atoms with Crippen molar-refractivity contribution in [2.24, 2.45) is 5.84 Å². The number of benzene rings is 1. The van der Waals surface area contributed by atoms with Gasteiger partial charge in [0.2, 0.25) is 0 Å². The Morgan fingerprint density at radius 3 is 2.71 bits per heavy atom. The van der Waals surface area contributed by atoms with E-state index in [9.17, 15) is 0 Å². The second kappa shape index (κ2) is 6.79. The molecule has 0 aliphatic carbocycles. The molecule has 7 heteroatoms. The van der Waals surface area contributed by atoms with E-state index in [1.165, 1.54) is 0 Å². The summed E-state index contributed by atoms with van der Waals surface area (Å²) in [6.45, 7) is 4.13. The number of nitrogens with one attached hydrogen (secondary N) is 1. The third-order valence-electron chi connectivity index (χ3n) is 3.22. The first-order chi connectivity index (χ1) is 9.99. The molecule has 2 aromatic rings. The van der Waals surface area contributed by atoms with Crippen molar-refractivity contribution in [3.05, 3.63) is 45.1 Å². The quantitative estimate of drug-likeness (QED) is 0.622. The van der Waals surface area contributed by atoms with Gasteiger partial charge in [-0.1, -0.05) is 17.7 Å². The Morgan fingerprint density at radius 2 is 2.14 bits per heavy atom. The summed E-state index contributed by atoms with van der Waals surface area (Å²) in [4.78, 5) is 0. The molecule has 1 aromatic carbocycles. The predicted molar refractivity (Wildman–Crippen MR) is 87.5 cm³/mol. The zero-order valence-corrected chi connectivity index (χ0v) is 14.4. The minimum Gasteiger partial charge on any atom is -0.496 e. The van der Waals surface area contributed by atoms with Crippen LogP contribution in [0.4, 0.5) is 0 Å². The van der Waals surface area contributed by atoms with Gasteiger partial charge in [-0.2, -0.15) is 5.10 Å². The van der Waals surface area contributed by atoms with E-state index in [4.69, 9.17) is 22.2 Å². The molecule has 0 spiro atoms. The Hall–Kier alpha value is -1.08. The minimum atomic E-state index is -0.267. The van der Waals surface area contributed by atoms with Crippen LogP contribution in [0.5, 0.6) is 5.75 Å². The summed E-state index contributed by atoms with van der Waals surface area (Å²) in [7, 11) is 1.61. The molecule has 114 valence electrons. The van der Waals surface area contributed by atoms with Crippen molar-refractivity contribution < 1.29 is 4.74 Å². The van der Waals surface area contributed by atoms with Crippen molar-refractivity contribution in [3.8, 4) is 5.75 Å². The monoisotopic (exact) mass is 372 g/mol. The lowest BCUT2D eigenvalue weighted by atomic mass is 10.0. The van der Waals surface area contributed by atoms with Crippen LogP contribution in [-0.4, -0.2) is 16.9 Å². The van der Waals surface area contributed by atoms with Gasteiger partial charge in [-0.3, -0.25) is 10.5 Å². The van der Waals surface area contributed by atoms with E-state index in [1.807, 2.05) is 16.8 Å². The van der Waals surface area contributed by atoms with Gasteiger partial charge in [-0.25, -0.2) is 5.43 Å². The normalized spacial score (nSPS) is 12.7. The van der Waals surface area contributed by atoms with Crippen LogP contribution in [0.2, 0.25) is 5.02 Å². The molecule has 0 radical (unpaired) electrons. The molecule has 5 nitrogen and oxygen atoms in total. The number of nitrogens with zero attached hydrogens (tertiary/aromatic N) is 2. The Bertz CT molecular complexity index is 629. The van der Waals surface area contributed by atoms with E-state index in [1.54, 1.807) is 19.4 Å². The average Bonchev–Trinajstić information content (AvgIpc) is 2.83. The van der Waals surface area contributed by atoms with Crippen molar-refractivity contribution in [2.45, 2.75) is 25.9 Å². The first-order valence-electron chi connectivity index (χ1n) is 6.52. The first kappa shape index (κ1) is 16.3. The van der Waals surface area contributed by atoms with Gasteiger partial charge < -0.3 is 4.74 Å². The van der Waals surface area contributed by atoms with Gasteiger partial charge in [0.1, 0.15) is 5.75 Å². The van der Waals surface area contributed by atoms with Crippen molar-refractivity contribution in [1.82, 2.24) is 15.2 Å². The Morgan fingerprint density at radius 1 is 1.43 bits per heavy atom. The molecule has 2 rings (SSSR count). The van der Waals surface area contributed by atoms with Crippen LogP contribution in [0.25, 0.3) is 0 Å². The fraction of sp³-hybridized carbons (Fsp3) is 0.357. The molecule has 0 bridgehead atoms. The predicted octanol–water partition coefficient (Wildman–Crippen LogP) is 3.44. The number of halogens is 2. The molecule has 0 saturated carbocycles. The smallest absolute Gasteiger partial charge is 0.125 e. The van der Waals surface area contributed by atoms with E-state index >= 15 is 0 Å². The van der Waals surface area contributed by atoms with Crippen LogP contribution in [0, 0.1) is 0 Å². The van der Waals surface area contributed by atoms with Gasteiger partial charge in [0.15, 0.2) is 0 Å². The molecule has 0 fully saturated rings. The molecule has 1 atom stereocenters. The fourth-order valence-corrected chi connectivity index (χ4v) is 2.94. The molecule has 1 heterocycles. The van der Waals surface area contributed by atoms with Gasteiger partial charge in [-0.05, 0) is 41.9 Å². The lowest BCUT2D eigenvalue weighted by Gasteiger charge is -2.22. The third kappa shape index (κ3) is 3.23. The number of hydrogen-bond donors (Lipinski definition) is 2. The third-order valence-corrected chi connectivity index (χ3v) is 4.07. The highest BCUT2D eigenvalue weighted by Crippen LogP contribution is 2.35. The number of aromatic nitrogens is 2. The van der Waals surface area contributed by atoms with Crippen LogP contribution in [-0.2, 0) is 0 Å². The number of hydrazine groups is 1. The molecule has 1 aromatic heterocycles. The summed E-state index contributed by atoms with van der Waals surface area (Å²) < 4.78 is 8.23. The number of methoxy groups -OCH3 is 1. The van der Waals surface area contributed by atoms with E-state index in [-0.39, 0.29) is 12.1 Å². The number of rotatable bonds is 5. The summed E-state index contributed by atoms with van der Waals surface area (Å²) in [6, 6.07) is 5.42. The molecule has 3 N–H and O–H groups in total. The van der Waals surface area contributed by atoms with Gasteiger partial charge in [0.25, 0.3) is 0 Å². The van der Waals surface area contributed by atoms with Crippen LogP contribution in [0.15, 0.2) is 28.9 Å². The van der Waals surface area contributed by atoms with E-state index < -0.39 is 0 Å². The van der Waals surface area contributed by atoms with Gasteiger partial charge in [0.05, 0.1) is 29.5 Å². The molecule has 0 saturated heterocycles. The molecular formula is C14H18BrClN4O. The van der Waals surface area contributed by atoms with Crippen LogP contribution >= 0.6 is 27.5 Å². The zero-order valence-electron chi connectivity index (χ0n) is 12.1. The zero-order chi connectivity index (χ0) is 15.6. The van der Waals surface area contributed by atoms with Crippen molar-refractivity contribution >= 4 is 27.5 Å². The first-order valence-corrected chi connectivity index (χ1v) is 7.69. The van der Waals surface area contributed by atoms with Crippen LogP contribution in [0.1, 0.15) is 37.2 Å². The molecular weight excluding hydrogens is 356 g/mol. The topological polar surface area (TPSA) is 65.1 Å². The molecule has 0 amide bonds. The van der Waals surface area contributed by atoms with Gasteiger partial charge in [0, 0.05) is 16.6 Å². The standard InChI is InChI=1S/C14H18BrClN4O/c1-8(2)20-14(11(15)7-18-20)13(19-17)10-5-4-9(16)6-12(10)21-3/h4-8,13,19H,17H2,1-3H3. The highest BCUT2D eigenvalue weighted by molar-refractivity contribution is 9.10. The van der Waals surface area contributed by atoms with Crippen LogP contribution in [0.3, 0.4) is 0 Å². The van der Waals surface area contributed by atoms with E-state index in [0.29, 0.717) is 10.8 Å². The van der Waals surface area contributed by atoms with E-state index in [2.05, 4.69) is 40.3 Å². The fourth-order valence-electron chi connectivity index (χ4n) is 2.27. The average molecular weight is 374 g/mol. The highest BCUT2D eigenvalue weighted by Gasteiger charge is 2.24. The molecule has 21 heavy (non-hydrogen) atoms. The lowest BCUT2D eigenvalue weighted by molar-refractivity contribution is 0.399. The summed E-state index contributed by atoms with van der Waals surface area (Å²) in [5.41, 5.74) is 4.67. The summed E-state index contributed by atoms with van der Waals surface area (Å²) in [5.74, 6) is 6.47. The molecule has 1 unspecified atom stereocenters. The maximum atomic E-state index is 6.02. The maximum Gasteiger partial charge on any atom is 0.125 e. The van der Waals surface area contributed by atoms with Crippen molar-refractivity contribution in [3.63, 3.8) is 0 Å². The van der Waals surface area contributed by atoms with Gasteiger partial charge in [-0.15, -0.1) is 0 Å². The SMILES string of the molecule is COc1cc(Cl)ccc1C(NN)c1c(Br)cnn1C(C)C. The van der Waals surface area contributed by atoms with Crippen molar-refractivity contribution in [2.75, 3.05) is 7.11 Å². The van der Waals surface area contributed by atoms with E-state index in [0.717, 1.165) is 15.7 Å². The summed E-state index contributed by atoms with van der Waals surface area (Å²) >= 11 is 9.56. The summed E-state index contributed by atoms with van der Waals surface area (Å²) in [5, 5.41) is 5.00. The second-order valence-corrected chi connectivity index (χ2v) is 6.19. The van der Waals surface area contributed by atoms with Gasteiger partial charge >= 0.3 is 0 Å². The Balaban J connectivity index is 2.57. The van der Waals surface area contributed by atoms with Crippen molar-refractivity contribution in [1.29, 1.82) is 0 Å². The molecule has 0 aliphatic heterocycles. The number of ether oxygens (including phenoxy) is 1. The molecule has 0 aliphatic rings. The number of hydrogen-bond acceptors (Lipinski definition) is 4.